The van der Waals surface area contributed by atoms with Gasteiger partial charge in [-0.1, -0.05) is 30.3 Å². The molecule has 0 saturated heterocycles. The molecule has 0 N–H and O–H groups in total. The van der Waals surface area contributed by atoms with Gasteiger partial charge in [0.15, 0.2) is 0 Å². The summed E-state index contributed by atoms with van der Waals surface area (Å²) in [7, 11) is 2.65. The minimum atomic E-state index is -0.421. The molecule has 0 heterocycles. The van der Waals surface area contributed by atoms with Gasteiger partial charge in [0.05, 0.1) is 14.2 Å². The van der Waals surface area contributed by atoms with Gasteiger partial charge in [0.25, 0.3) is 0 Å². The average molecular weight is 308 g/mol. The number of ether oxygens (including phenoxy) is 2. The van der Waals surface area contributed by atoms with E-state index in [-0.39, 0.29) is 0 Å². The Labute approximate surface area is 125 Å². The quantitative estimate of drug-likeness (QED) is 0.601. The van der Waals surface area contributed by atoms with Crippen molar-refractivity contribution in [3.05, 3.63) is 36.4 Å². The van der Waals surface area contributed by atoms with Gasteiger partial charge in [-0.3, -0.25) is 0 Å². The predicted octanol–water partition coefficient (Wildman–Crippen LogP) is 4.51. The summed E-state index contributed by atoms with van der Waals surface area (Å²) in [4.78, 5) is 24.4. The molecule has 0 aromatic carbocycles. The lowest BCUT2D eigenvalue weighted by molar-refractivity contribution is 0.199. The van der Waals surface area contributed by atoms with Gasteiger partial charge in [-0.25, -0.2) is 9.59 Å². The summed E-state index contributed by atoms with van der Waals surface area (Å²) in [6.45, 7) is 0. The van der Waals surface area contributed by atoms with Crippen molar-refractivity contribution in [2.24, 2.45) is 0 Å². The zero-order chi connectivity index (χ0) is 14.5. The van der Waals surface area contributed by atoms with Crippen LogP contribution in [-0.2, 0) is 9.47 Å². The molecule has 4 nitrogen and oxygen atoms in total. The van der Waals surface area contributed by atoms with Gasteiger partial charge in [0, 0.05) is 9.79 Å². The third-order valence-corrected chi connectivity index (χ3v) is 4.52. The second kappa shape index (κ2) is 6.67. The Hall–Kier alpha value is -1.66. The van der Waals surface area contributed by atoms with Crippen LogP contribution in [0.1, 0.15) is 0 Å². The zero-order valence-corrected chi connectivity index (χ0v) is 12.5. The fourth-order valence-corrected chi connectivity index (χ4v) is 3.28. The first-order valence-corrected chi connectivity index (χ1v) is 7.32. The minimum absolute atomic E-state index is 0.420. The van der Waals surface area contributed by atoms with Crippen LogP contribution in [-0.4, -0.2) is 24.8 Å². The van der Waals surface area contributed by atoms with E-state index in [0.717, 1.165) is 34.7 Å². The van der Waals surface area contributed by atoms with Crippen LogP contribution >= 0.6 is 23.5 Å². The third-order valence-electron chi connectivity index (χ3n) is 2.54. The fraction of sp³-hybridized carbons (Fsp3) is 0.143. The van der Waals surface area contributed by atoms with Crippen LogP contribution in [0.15, 0.2) is 46.2 Å². The Morgan fingerprint density at radius 2 is 1.60 bits per heavy atom. The highest BCUT2D eigenvalue weighted by molar-refractivity contribution is 8.16. The van der Waals surface area contributed by atoms with Crippen molar-refractivity contribution in [2.75, 3.05) is 14.2 Å². The molecule has 0 fully saturated rings. The monoisotopic (exact) mass is 308 g/mol. The van der Waals surface area contributed by atoms with Gasteiger partial charge in [0.2, 0.25) is 0 Å². The molecule has 0 bridgehead atoms. The van der Waals surface area contributed by atoms with E-state index >= 15 is 0 Å². The first-order chi connectivity index (χ1) is 9.65. The van der Waals surface area contributed by atoms with E-state index in [0.29, 0.717) is 9.79 Å². The molecular weight excluding hydrogens is 296 g/mol. The molecule has 0 spiro atoms. The van der Waals surface area contributed by atoms with Crippen LogP contribution in [0, 0.1) is 0 Å². The largest absolute Gasteiger partial charge is 0.461 e. The number of methoxy groups -OCH3 is 2. The molecule has 20 heavy (non-hydrogen) atoms. The Morgan fingerprint density at radius 3 is 2.30 bits per heavy atom. The molecule has 0 unspecified atom stereocenters. The van der Waals surface area contributed by atoms with Gasteiger partial charge < -0.3 is 9.47 Å². The lowest BCUT2D eigenvalue weighted by atomic mass is 10.2. The number of thioether (sulfide) groups is 2. The summed E-state index contributed by atoms with van der Waals surface area (Å²) in [5.74, 6) is 0. The van der Waals surface area contributed by atoms with Gasteiger partial charge in [-0.05, 0) is 40.7 Å². The number of carbonyl (C=O) groups is 2. The molecule has 0 saturated carbocycles. The Morgan fingerprint density at radius 1 is 0.950 bits per heavy atom. The van der Waals surface area contributed by atoms with Crippen LogP contribution < -0.4 is 0 Å². The van der Waals surface area contributed by atoms with Crippen molar-refractivity contribution in [3.8, 4) is 11.1 Å². The van der Waals surface area contributed by atoms with Gasteiger partial charge in [-0.15, -0.1) is 0 Å². The number of fused-ring (bicyclic) bond motifs is 1. The van der Waals surface area contributed by atoms with Crippen molar-refractivity contribution < 1.29 is 19.1 Å². The van der Waals surface area contributed by atoms with Gasteiger partial charge in [0.1, 0.15) is 0 Å². The molecule has 0 atom stereocenters. The Bertz CT molecular complexity index is 612. The van der Waals surface area contributed by atoms with Crippen molar-refractivity contribution in [2.45, 2.75) is 9.79 Å². The smallest absolute Gasteiger partial charge is 0.371 e. The molecular formula is C14H12O4S2. The second-order valence-corrected chi connectivity index (χ2v) is 5.65. The SMILES string of the molecule is COC(=O)Sc1cc2cccccc-2c1SC(=O)OC. The van der Waals surface area contributed by atoms with Gasteiger partial charge >= 0.3 is 10.6 Å². The molecule has 0 aromatic rings. The standard InChI is InChI=1S/C14H12O4S2/c1-17-13(15)19-11-8-9-6-4-3-5-7-10(9)12(11)20-14(16)18-2/h3-8H,1-2H3. The summed E-state index contributed by atoms with van der Waals surface area (Å²) >= 11 is 1.92. The summed E-state index contributed by atoms with van der Waals surface area (Å²) in [5.41, 5.74) is 1.85. The molecule has 0 amide bonds. The van der Waals surface area contributed by atoms with E-state index in [1.54, 1.807) is 0 Å². The molecule has 0 aliphatic heterocycles. The minimum Gasteiger partial charge on any atom is -0.461 e. The van der Waals surface area contributed by atoms with Crippen molar-refractivity contribution >= 4 is 34.1 Å². The maximum atomic E-state index is 11.5. The Balaban J connectivity index is 2.47. The van der Waals surface area contributed by atoms with E-state index < -0.39 is 10.6 Å². The second-order valence-electron chi connectivity index (χ2n) is 3.73. The highest BCUT2D eigenvalue weighted by Gasteiger charge is 2.21. The summed E-state index contributed by atoms with van der Waals surface area (Å²) < 4.78 is 9.33. The van der Waals surface area contributed by atoms with Crippen LogP contribution in [0.3, 0.4) is 0 Å². The van der Waals surface area contributed by atoms with Crippen molar-refractivity contribution in [3.63, 3.8) is 0 Å². The summed E-state index contributed by atoms with van der Waals surface area (Å²) in [6.07, 6.45) is 0. The summed E-state index contributed by atoms with van der Waals surface area (Å²) in [6, 6.07) is 11.4. The number of hydrogen-bond acceptors (Lipinski definition) is 6. The van der Waals surface area contributed by atoms with Crippen molar-refractivity contribution in [1.29, 1.82) is 0 Å². The average Bonchev–Trinajstić information content (AvgIpc) is 2.64. The number of rotatable bonds is 2. The van der Waals surface area contributed by atoms with Crippen LogP contribution in [0.4, 0.5) is 9.59 Å². The van der Waals surface area contributed by atoms with Crippen LogP contribution in [0.5, 0.6) is 0 Å². The van der Waals surface area contributed by atoms with E-state index in [1.165, 1.54) is 14.2 Å². The maximum absolute atomic E-state index is 11.5. The summed E-state index contributed by atoms with van der Waals surface area (Å²) in [5, 5.41) is -0.841. The van der Waals surface area contributed by atoms with Crippen LogP contribution in [0.25, 0.3) is 11.1 Å². The molecule has 0 aromatic heterocycles. The van der Waals surface area contributed by atoms with E-state index in [9.17, 15) is 9.59 Å². The molecule has 2 aliphatic carbocycles. The Kier molecular flexibility index (Phi) is 4.92. The van der Waals surface area contributed by atoms with E-state index in [4.69, 9.17) is 0 Å². The topological polar surface area (TPSA) is 52.6 Å². The van der Waals surface area contributed by atoms with E-state index in [1.807, 2.05) is 36.4 Å². The predicted molar refractivity (Wildman–Crippen MR) is 79.6 cm³/mol. The molecule has 104 valence electrons. The third kappa shape index (κ3) is 3.26. The number of carbonyl (C=O) groups excluding carboxylic acids is 2. The first kappa shape index (κ1) is 14.7. The number of hydrogen-bond donors (Lipinski definition) is 0. The molecule has 6 heteroatoms. The fourth-order valence-electron chi connectivity index (χ4n) is 1.67. The zero-order valence-electron chi connectivity index (χ0n) is 10.9. The maximum Gasteiger partial charge on any atom is 0.371 e. The van der Waals surface area contributed by atoms with Gasteiger partial charge in [-0.2, -0.15) is 0 Å². The van der Waals surface area contributed by atoms with Crippen molar-refractivity contribution in [1.82, 2.24) is 0 Å². The van der Waals surface area contributed by atoms with Crippen LogP contribution in [0.2, 0.25) is 0 Å². The lowest BCUT2D eigenvalue weighted by Crippen LogP contribution is -1.93. The highest BCUT2D eigenvalue weighted by Crippen LogP contribution is 2.44. The molecule has 0 radical (unpaired) electrons. The molecule has 2 aliphatic rings. The molecule has 2 rings (SSSR count). The lowest BCUT2D eigenvalue weighted by Gasteiger charge is -2.03. The highest BCUT2D eigenvalue weighted by atomic mass is 32.2. The first-order valence-electron chi connectivity index (χ1n) is 5.69. The van der Waals surface area contributed by atoms with E-state index in [2.05, 4.69) is 9.47 Å². The normalized spacial score (nSPS) is 10.3.